The molecule has 0 spiro atoms. The first-order chi connectivity index (χ1) is 20.4. The van der Waals surface area contributed by atoms with Gasteiger partial charge in [-0.2, -0.15) is 0 Å². The lowest BCUT2D eigenvalue weighted by molar-refractivity contribution is -0.143. The fourth-order valence-corrected chi connectivity index (χ4v) is 5.27. The molecule has 1 aliphatic rings. The number of halogens is 2. The summed E-state index contributed by atoms with van der Waals surface area (Å²) in [7, 11) is 1.42. The Morgan fingerprint density at radius 1 is 0.929 bits per heavy atom. The van der Waals surface area contributed by atoms with Gasteiger partial charge in [0, 0.05) is 6.04 Å². The second-order valence-electron chi connectivity index (χ2n) is 10.1. The third kappa shape index (κ3) is 7.37. The average molecular weight is 607 g/mol. The smallest absolute Gasteiger partial charge is 0.323 e. The fourth-order valence-electron chi connectivity index (χ4n) is 4.95. The minimum Gasteiger partial charge on any atom is -0.489 e. The highest BCUT2D eigenvalue weighted by Crippen LogP contribution is 2.37. The molecule has 1 heterocycles. The molecule has 0 saturated heterocycles. The van der Waals surface area contributed by atoms with Gasteiger partial charge in [0.25, 0.3) is 0 Å². The summed E-state index contributed by atoms with van der Waals surface area (Å²) >= 11 is 12.1. The van der Waals surface area contributed by atoms with Crippen LogP contribution in [0.4, 0.5) is 0 Å². The number of carbonyl (C=O) groups is 1. The average Bonchev–Trinajstić information content (AvgIpc) is 3.03. The number of hydrogen-bond donors (Lipinski definition) is 1. The zero-order valence-corrected chi connectivity index (χ0v) is 25.0. The molecule has 0 aromatic heterocycles. The van der Waals surface area contributed by atoms with E-state index in [2.05, 4.69) is 24.4 Å². The summed E-state index contributed by atoms with van der Waals surface area (Å²) in [6, 6.07) is 28.6. The monoisotopic (exact) mass is 605 g/mol. The van der Waals surface area contributed by atoms with Gasteiger partial charge < -0.3 is 18.9 Å². The zero-order valence-electron chi connectivity index (χ0n) is 23.5. The van der Waals surface area contributed by atoms with E-state index in [1.807, 2.05) is 66.7 Å². The first-order valence-electron chi connectivity index (χ1n) is 13.9. The van der Waals surface area contributed by atoms with Crippen molar-refractivity contribution in [3.63, 3.8) is 0 Å². The first-order valence-corrected chi connectivity index (χ1v) is 14.7. The van der Waals surface area contributed by atoms with E-state index in [4.69, 9.17) is 42.1 Å². The van der Waals surface area contributed by atoms with Gasteiger partial charge in [-0.05, 0) is 71.5 Å². The van der Waals surface area contributed by atoms with Gasteiger partial charge in [-0.3, -0.25) is 10.1 Å². The molecule has 0 bridgehead atoms. The SMILES string of the molecule is CC[C@@H](NC(Cc1ccc2c(c1)OCC(c1ccc(OCc3ccc(Cl)c(Cl)c3)cc1)O2)C(=O)OC)c1ccccc1. The Morgan fingerprint density at radius 2 is 1.69 bits per heavy atom. The Morgan fingerprint density at radius 3 is 2.40 bits per heavy atom. The molecule has 0 aliphatic carbocycles. The van der Waals surface area contributed by atoms with Gasteiger partial charge in [0.2, 0.25) is 0 Å². The standard InChI is InChI=1S/C34H33Cl2NO5/c1-3-29(24-7-5-4-6-8-24)37-30(34(38)39-2)18-22-10-16-31-32(19-22)41-21-33(42-31)25-11-13-26(14-12-25)40-20-23-9-15-27(35)28(36)17-23/h4-17,19,29-30,33,37H,3,18,20-21H2,1-2H3/t29-,30?,33?/m1/s1. The number of esters is 1. The minimum atomic E-state index is -0.507. The summed E-state index contributed by atoms with van der Waals surface area (Å²) < 4.78 is 23.4. The van der Waals surface area contributed by atoms with E-state index in [-0.39, 0.29) is 18.1 Å². The number of nitrogens with one attached hydrogen (secondary N) is 1. The first kappa shape index (κ1) is 29.8. The molecule has 42 heavy (non-hydrogen) atoms. The van der Waals surface area contributed by atoms with E-state index < -0.39 is 6.04 Å². The molecule has 6 nitrogen and oxygen atoms in total. The van der Waals surface area contributed by atoms with Gasteiger partial charge in [-0.15, -0.1) is 0 Å². The maximum Gasteiger partial charge on any atom is 0.323 e. The Kier molecular flexibility index (Phi) is 9.90. The molecule has 0 fully saturated rings. The van der Waals surface area contributed by atoms with Crippen LogP contribution in [0.3, 0.4) is 0 Å². The normalized spacial score (nSPS) is 15.5. The van der Waals surface area contributed by atoms with Crippen molar-refractivity contribution in [1.82, 2.24) is 5.32 Å². The van der Waals surface area contributed by atoms with E-state index in [1.165, 1.54) is 7.11 Å². The molecule has 8 heteroatoms. The van der Waals surface area contributed by atoms with E-state index >= 15 is 0 Å². The zero-order chi connectivity index (χ0) is 29.5. The van der Waals surface area contributed by atoms with Crippen molar-refractivity contribution in [3.05, 3.63) is 123 Å². The quantitative estimate of drug-likeness (QED) is 0.175. The summed E-state index contributed by atoms with van der Waals surface area (Å²) in [6.07, 6.45) is 1.04. The highest BCUT2D eigenvalue weighted by atomic mass is 35.5. The lowest BCUT2D eigenvalue weighted by atomic mass is 10.00. The Bertz CT molecular complexity index is 1500. The molecular formula is C34H33Cl2NO5. The Balaban J connectivity index is 1.20. The van der Waals surface area contributed by atoms with Crippen molar-refractivity contribution < 1.29 is 23.7 Å². The highest BCUT2D eigenvalue weighted by Gasteiger charge is 2.26. The van der Waals surface area contributed by atoms with Crippen LogP contribution < -0.4 is 19.5 Å². The molecule has 218 valence electrons. The van der Waals surface area contributed by atoms with Crippen molar-refractivity contribution in [2.45, 2.75) is 44.6 Å². The van der Waals surface area contributed by atoms with Crippen LogP contribution in [0.15, 0.2) is 91.0 Å². The second kappa shape index (κ2) is 14.0. The van der Waals surface area contributed by atoms with Gasteiger partial charge in [-0.25, -0.2) is 0 Å². The largest absolute Gasteiger partial charge is 0.489 e. The number of benzene rings is 4. The van der Waals surface area contributed by atoms with Crippen molar-refractivity contribution in [1.29, 1.82) is 0 Å². The number of hydrogen-bond acceptors (Lipinski definition) is 6. The van der Waals surface area contributed by atoms with Crippen LogP contribution in [0.2, 0.25) is 10.0 Å². The molecule has 0 saturated carbocycles. The Hall–Kier alpha value is -3.71. The van der Waals surface area contributed by atoms with Gasteiger partial charge in [0.1, 0.15) is 25.0 Å². The van der Waals surface area contributed by atoms with Crippen molar-refractivity contribution in [2.24, 2.45) is 0 Å². The van der Waals surface area contributed by atoms with Crippen molar-refractivity contribution >= 4 is 29.2 Å². The summed E-state index contributed by atoms with van der Waals surface area (Å²) in [5.74, 6) is 1.75. The predicted molar refractivity (Wildman–Crippen MR) is 165 cm³/mol. The van der Waals surface area contributed by atoms with Crippen LogP contribution >= 0.6 is 23.2 Å². The molecule has 4 aromatic rings. The predicted octanol–water partition coefficient (Wildman–Crippen LogP) is 7.91. The molecule has 0 amide bonds. The topological polar surface area (TPSA) is 66.0 Å². The van der Waals surface area contributed by atoms with Crippen LogP contribution in [0, 0.1) is 0 Å². The van der Waals surface area contributed by atoms with Crippen LogP contribution in [-0.4, -0.2) is 25.7 Å². The lowest BCUT2D eigenvalue weighted by Crippen LogP contribution is -2.41. The van der Waals surface area contributed by atoms with Crippen LogP contribution in [-0.2, 0) is 22.6 Å². The summed E-state index contributed by atoms with van der Waals surface area (Å²) in [5.41, 5.74) is 4.00. The number of methoxy groups -OCH3 is 1. The molecule has 0 radical (unpaired) electrons. The maximum absolute atomic E-state index is 12.7. The van der Waals surface area contributed by atoms with E-state index in [9.17, 15) is 4.79 Å². The van der Waals surface area contributed by atoms with Crippen LogP contribution in [0.5, 0.6) is 17.2 Å². The third-order valence-corrected chi connectivity index (χ3v) is 7.99. The van der Waals surface area contributed by atoms with Gasteiger partial charge >= 0.3 is 5.97 Å². The second-order valence-corrected chi connectivity index (χ2v) is 10.9. The lowest BCUT2D eigenvalue weighted by Gasteiger charge is -2.28. The number of fused-ring (bicyclic) bond motifs is 1. The van der Waals surface area contributed by atoms with Gasteiger partial charge in [-0.1, -0.05) is 84.7 Å². The van der Waals surface area contributed by atoms with Gasteiger partial charge in [0.15, 0.2) is 17.6 Å². The number of ether oxygens (including phenoxy) is 4. The maximum atomic E-state index is 12.7. The molecular weight excluding hydrogens is 573 g/mol. The number of rotatable bonds is 11. The molecule has 3 atom stereocenters. The summed E-state index contributed by atoms with van der Waals surface area (Å²) in [5, 5.41) is 4.51. The molecule has 2 unspecified atom stereocenters. The van der Waals surface area contributed by atoms with Crippen molar-refractivity contribution in [3.8, 4) is 17.2 Å². The molecule has 1 N–H and O–H groups in total. The summed E-state index contributed by atoms with van der Waals surface area (Å²) in [6.45, 7) is 2.84. The molecule has 1 aliphatic heterocycles. The van der Waals surface area contributed by atoms with Gasteiger partial charge in [0.05, 0.1) is 17.2 Å². The molecule has 4 aromatic carbocycles. The van der Waals surface area contributed by atoms with Crippen LogP contribution in [0.1, 0.15) is 47.7 Å². The van der Waals surface area contributed by atoms with Crippen LogP contribution in [0.25, 0.3) is 0 Å². The highest BCUT2D eigenvalue weighted by molar-refractivity contribution is 6.42. The number of carbonyl (C=O) groups excluding carboxylic acids is 1. The fraction of sp³-hybridized carbons (Fsp3) is 0.265. The van der Waals surface area contributed by atoms with E-state index in [0.717, 1.165) is 34.4 Å². The third-order valence-electron chi connectivity index (χ3n) is 7.25. The van der Waals surface area contributed by atoms with Crippen molar-refractivity contribution in [2.75, 3.05) is 13.7 Å². The summed E-state index contributed by atoms with van der Waals surface area (Å²) in [4.78, 5) is 12.7. The van der Waals surface area contributed by atoms with E-state index in [0.29, 0.717) is 41.2 Å². The Labute approximate surface area is 256 Å². The molecule has 5 rings (SSSR count). The van der Waals surface area contributed by atoms with E-state index in [1.54, 1.807) is 12.1 Å². The minimum absolute atomic E-state index is 0.0287.